The first-order valence-electron chi connectivity index (χ1n) is 4.11. The molecule has 5 heteroatoms. The maximum Gasteiger partial charge on any atom is 0.387 e. The van der Waals surface area contributed by atoms with Crippen molar-refractivity contribution < 1.29 is 13.5 Å². The highest BCUT2D eigenvalue weighted by molar-refractivity contribution is 5.54. The van der Waals surface area contributed by atoms with Gasteiger partial charge in [-0.25, -0.2) is 0 Å². The van der Waals surface area contributed by atoms with Crippen LogP contribution in [0.3, 0.4) is 0 Å². The molecule has 1 rings (SSSR count). The summed E-state index contributed by atoms with van der Waals surface area (Å²) in [5, 5.41) is 2.93. The Hall–Kier alpha value is -1.36. The highest BCUT2D eigenvalue weighted by Gasteiger charge is 2.07. The highest BCUT2D eigenvalue weighted by atomic mass is 19.3. The summed E-state index contributed by atoms with van der Waals surface area (Å²) in [7, 11) is 1.79. The van der Waals surface area contributed by atoms with Gasteiger partial charge in [0.1, 0.15) is 5.75 Å². The van der Waals surface area contributed by atoms with Crippen LogP contribution in [0.2, 0.25) is 0 Å². The third-order valence-corrected chi connectivity index (χ3v) is 1.67. The highest BCUT2D eigenvalue weighted by Crippen LogP contribution is 2.24. The molecule has 0 radical (unpaired) electrons. The number of alkyl halides is 2. The molecule has 3 nitrogen and oxygen atoms in total. The van der Waals surface area contributed by atoms with Gasteiger partial charge in [-0.2, -0.15) is 8.78 Å². The van der Waals surface area contributed by atoms with E-state index >= 15 is 0 Å². The van der Waals surface area contributed by atoms with Crippen molar-refractivity contribution in [2.45, 2.75) is 13.2 Å². The molecule has 0 spiro atoms. The number of hydrogen-bond acceptors (Lipinski definition) is 3. The van der Waals surface area contributed by atoms with Crippen molar-refractivity contribution in [1.29, 1.82) is 0 Å². The number of hydrogen-bond donors (Lipinski definition) is 2. The maximum atomic E-state index is 11.9. The molecular weight excluding hydrogens is 190 g/mol. The molecule has 1 aromatic carbocycles. The fourth-order valence-electron chi connectivity index (χ4n) is 1.12. The van der Waals surface area contributed by atoms with Crippen LogP contribution in [0, 0.1) is 0 Å². The summed E-state index contributed by atoms with van der Waals surface area (Å²) >= 11 is 0. The molecule has 0 atom stereocenters. The van der Waals surface area contributed by atoms with Gasteiger partial charge >= 0.3 is 6.61 Å². The van der Waals surface area contributed by atoms with Gasteiger partial charge in [0.25, 0.3) is 0 Å². The van der Waals surface area contributed by atoms with Gasteiger partial charge in [0.2, 0.25) is 0 Å². The van der Waals surface area contributed by atoms with Crippen LogP contribution in [-0.2, 0) is 6.54 Å². The lowest BCUT2D eigenvalue weighted by Crippen LogP contribution is -2.07. The molecule has 0 saturated heterocycles. The lowest BCUT2D eigenvalue weighted by molar-refractivity contribution is -0.0493. The molecule has 78 valence electrons. The molecule has 0 fully saturated rings. The van der Waals surface area contributed by atoms with Crippen LogP contribution in [0.15, 0.2) is 18.2 Å². The quantitative estimate of drug-likeness (QED) is 0.729. The summed E-state index contributed by atoms with van der Waals surface area (Å²) in [4.78, 5) is 0. The summed E-state index contributed by atoms with van der Waals surface area (Å²) in [5.74, 6) is 0.0138. The van der Waals surface area contributed by atoms with Crippen LogP contribution in [0.1, 0.15) is 5.56 Å². The Kier molecular flexibility index (Phi) is 3.64. The maximum absolute atomic E-state index is 11.9. The van der Waals surface area contributed by atoms with Gasteiger partial charge in [-0.05, 0) is 24.7 Å². The van der Waals surface area contributed by atoms with E-state index in [1.807, 2.05) is 0 Å². The summed E-state index contributed by atoms with van der Waals surface area (Å²) in [6.07, 6.45) is 0. The van der Waals surface area contributed by atoms with Crippen molar-refractivity contribution in [2.75, 3.05) is 12.8 Å². The first-order chi connectivity index (χ1) is 6.63. The Morgan fingerprint density at radius 1 is 1.50 bits per heavy atom. The number of halogens is 2. The zero-order chi connectivity index (χ0) is 10.6. The molecule has 0 aliphatic rings. The van der Waals surface area contributed by atoms with Gasteiger partial charge in [0.05, 0.1) is 5.69 Å². The van der Waals surface area contributed by atoms with Crippen molar-refractivity contribution in [3.8, 4) is 5.75 Å². The van der Waals surface area contributed by atoms with Crippen LogP contribution < -0.4 is 15.8 Å². The zero-order valence-corrected chi connectivity index (χ0v) is 7.76. The van der Waals surface area contributed by atoms with Gasteiger partial charge in [-0.3, -0.25) is 0 Å². The van der Waals surface area contributed by atoms with E-state index in [1.54, 1.807) is 19.2 Å². The van der Waals surface area contributed by atoms with E-state index in [1.165, 1.54) is 6.07 Å². The predicted molar refractivity (Wildman–Crippen MR) is 50.3 cm³/mol. The van der Waals surface area contributed by atoms with E-state index in [0.29, 0.717) is 6.54 Å². The fourth-order valence-corrected chi connectivity index (χ4v) is 1.12. The minimum absolute atomic E-state index is 0.0138. The molecular formula is C9H12F2N2O. The summed E-state index contributed by atoms with van der Waals surface area (Å²) in [6.45, 7) is -2.20. The molecule has 0 bridgehead atoms. The second-order valence-electron chi connectivity index (χ2n) is 2.78. The van der Waals surface area contributed by atoms with Crippen molar-refractivity contribution >= 4 is 5.69 Å². The summed E-state index contributed by atoms with van der Waals surface area (Å²) in [6, 6.07) is 4.73. The predicted octanol–water partition coefficient (Wildman–Crippen LogP) is 1.59. The largest absolute Gasteiger partial charge is 0.433 e. The van der Waals surface area contributed by atoms with Crippen molar-refractivity contribution in [1.82, 2.24) is 5.32 Å². The topological polar surface area (TPSA) is 47.3 Å². The Bertz CT molecular complexity index is 305. The van der Waals surface area contributed by atoms with E-state index < -0.39 is 6.61 Å². The van der Waals surface area contributed by atoms with E-state index in [0.717, 1.165) is 5.56 Å². The van der Waals surface area contributed by atoms with Crippen LogP contribution in [0.25, 0.3) is 0 Å². The molecule has 0 saturated carbocycles. The van der Waals surface area contributed by atoms with Crippen molar-refractivity contribution in [2.24, 2.45) is 0 Å². The van der Waals surface area contributed by atoms with Crippen LogP contribution >= 0.6 is 0 Å². The van der Waals surface area contributed by atoms with Gasteiger partial charge in [-0.1, -0.05) is 6.07 Å². The Labute approximate surface area is 80.9 Å². The first-order valence-corrected chi connectivity index (χ1v) is 4.11. The van der Waals surface area contributed by atoms with E-state index in [9.17, 15) is 8.78 Å². The Balaban J connectivity index is 2.79. The lowest BCUT2D eigenvalue weighted by Gasteiger charge is -2.08. The fraction of sp³-hybridized carbons (Fsp3) is 0.333. The lowest BCUT2D eigenvalue weighted by atomic mass is 10.2. The summed E-state index contributed by atoms with van der Waals surface area (Å²) in [5.41, 5.74) is 6.66. The number of nitrogens with two attached hydrogens (primary N) is 1. The smallest absolute Gasteiger partial charge is 0.387 e. The zero-order valence-electron chi connectivity index (χ0n) is 7.76. The van der Waals surface area contributed by atoms with Gasteiger partial charge in [0.15, 0.2) is 0 Å². The van der Waals surface area contributed by atoms with E-state index in [4.69, 9.17) is 5.73 Å². The SMILES string of the molecule is CNCc1ccc(OC(F)F)c(N)c1. The molecule has 0 heterocycles. The number of anilines is 1. The minimum atomic E-state index is -2.84. The van der Waals surface area contributed by atoms with Crippen molar-refractivity contribution in [3.05, 3.63) is 23.8 Å². The summed E-state index contributed by atoms with van der Waals surface area (Å²) < 4.78 is 27.9. The molecule has 0 aliphatic carbocycles. The average Bonchev–Trinajstić information content (AvgIpc) is 2.10. The van der Waals surface area contributed by atoms with Crippen LogP contribution in [0.4, 0.5) is 14.5 Å². The monoisotopic (exact) mass is 202 g/mol. The molecule has 0 amide bonds. The molecule has 0 unspecified atom stereocenters. The van der Waals surface area contributed by atoms with Crippen LogP contribution in [0.5, 0.6) is 5.75 Å². The third-order valence-electron chi connectivity index (χ3n) is 1.67. The second-order valence-corrected chi connectivity index (χ2v) is 2.78. The van der Waals surface area contributed by atoms with E-state index in [2.05, 4.69) is 10.1 Å². The normalized spacial score (nSPS) is 10.6. The molecule has 0 aliphatic heterocycles. The number of benzene rings is 1. The van der Waals surface area contributed by atoms with Gasteiger partial charge in [-0.15, -0.1) is 0 Å². The number of nitrogen functional groups attached to an aromatic ring is 1. The third kappa shape index (κ3) is 2.85. The molecule has 0 aromatic heterocycles. The van der Waals surface area contributed by atoms with Crippen molar-refractivity contribution in [3.63, 3.8) is 0 Å². The number of nitrogens with one attached hydrogen (secondary N) is 1. The minimum Gasteiger partial charge on any atom is -0.433 e. The Morgan fingerprint density at radius 3 is 2.71 bits per heavy atom. The molecule has 1 aromatic rings. The first kappa shape index (κ1) is 10.7. The van der Waals surface area contributed by atoms with E-state index in [-0.39, 0.29) is 11.4 Å². The number of ether oxygens (including phenoxy) is 1. The standard InChI is InChI=1S/C9H12F2N2O/c1-13-5-6-2-3-8(7(12)4-6)14-9(10)11/h2-4,9,13H,5,12H2,1H3. The molecule has 14 heavy (non-hydrogen) atoms. The average molecular weight is 202 g/mol. The van der Waals surface area contributed by atoms with Gasteiger partial charge < -0.3 is 15.8 Å². The number of rotatable bonds is 4. The molecule has 3 N–H and O–H groups in total. The Morgan fingerprint density at radius 2 is 2.21 bits per heavy atom. The van der Waals surface area contributed by atoms with Crippen LogP contribution in [-0.4, -0.2) is 13.7 Å². The second kappa shape index (κ2) is 4.76. The van der Waals surface area contributed by atoms with Gasteiger partial charge in [0, 0.05) is 6.54 Å².